The van der Waals surface area contributed by atoms with Gasteiger partial charge in [-0.15, -0.1) is 11.8 Å². The molecule has 2 aromatic rings. The van der Waals surface area contributed by atoms with E-state index in [4.69, 9.17) is 21.1 Å². The normalized spacial score (nSPS) is 17.0. The van der Waals surface area contributed by atoms with Gasteiger partial charge in [0, 0.05) is 34.5 Å². The summed E-state index contributed by atoms with van der Waals surface area (Å²) >= 11 is 7.75. The van der Waals surface area contributed by atoms with Crippen LogP contribution in [-0.2, 0) is 0 Å². The minimum absolute atomic E-state index is 0.0228. The molecule has 0 saturated carbocycles. The maximum absolute atomic E-state index is 12.9. The third-order valence-electron chi connectivity index (χ3n) is 3.93. The molecule has 0 aromatic heterocycles. The van der Waals surface area contributed by atoms with E-state index < -0.39 is 0 Å². The second-order valence-electron chi connectivity index (χ2n) is 5.34. The summed E-state index contributed by atoms with van der Waals surface area (Å²) in [6.45, 7) is 0.690. The van der Waals surface area contributed by atoms with Crippen LogP contribution in [0.5, 0.6) is 11.5 Å². The van der Waals surface area contributed by atoms with Crippen LogP contribution in [0.15, 0.2) is 42.5 Å². The third kappa shape index (κ3) is 3.32. The Hall–Kier alpha value is -1.85. The van der Waals surface area contributed by atoms with Gasteiger partial charge in [-0.05, 0) is 30.3 Å². The average molecular weight is 364 g/mol. The number of thioether (sulfide) groups is 1. The maximum atomic E-state index is 12.9. The number of carbonyl (C=O) groups excluding carboxylic acids is 1. The highest BCUT2D eigenvalue weighted by molar-refractivity contribution is 7.99. The molecule has 1 atom stereocenters. The summed E-state index contributed by atoms with van der Waals surface area (Å²) in [7, 11) is 3.24. The molecule has 1 aliphatic heterocycles. The molecule has 126 valence electrons. The fourth-order valence-corrected chi connectivity index (χ4v) is 4.22. The van der Waals surface area contributed by atoms with Crippen molar-refractivity contribution >= 4 is 29.3 Å². The van der Waals surface area contributed by atoms with E-state index in [2.05, 4.69) is 0 Å². The van der Waals surface area contributed by atoms with Gasteiger partial charge in [0.25, 0.3) is 5.91 Å². The highest BCUT2D eigenvalue weighted by Gasteiger charge is 2.33. The van der Waals surface area contributed by atoms with Gasteiger partial charge in [-0.1, -0.05) is 17.7 Å². The molecule has 0 N–H and O–H groups in total. The molecule has 1 aliphatic rings. The average Bonchev–Trinajstić information content (AvgIpc) is 3.09. The smallest absolute Gasteiger partial charge is 0.255 e. The number of nitrogens with zero attached hydrogens (tertiary/aromatic N) is 1. The monoisotopic (exact) mass is 363 g/mol. The van der Waals surface area contributed by atoms with E-state index in [9.17, 15) is 4.79 Å². The first-order chi connectivity index (χ1) is 11.6. The summed E-state index contributed by atoms with van der Waals surface area (Å²) in [5.74, 6) is 2.31. The molecule has 24 heavy (non-hydrogen) atoms. The summed E-state index contributed by atoms with van der Waals surface area (Å²) in [6, 6.07) is 12.7. The zero-order valence-corrected chi connectivity index (χ0v) is 15.1. The van der Waals surface area contributed by atoms with Gasteiger partial charge < -0.3 is 14.4 Å². The molecule has 1 amide bonds. The Kier molecular flexibility index (Phi) is 5.21. The van der Waals surface area contributed by atoms with Crippen molar-refractivity contribution < 1.29 is 14.3 Å². The Morgan fingerprint density at radius 2 is 2.04 bits per heavy atom. The van der Waals surface area contributed by atoms with Gasteiger partial charge >= 0.3 is 0 Å². The number of hydrogen-bond donors (Lipinski definition) is 0. The summed E-state index contributed by atoms with van der Waals surface area (Å²) in [4.78, 5) is 14.8. The lowest BCUT2D eigenvalue weighted by molar-refractivity contribution is 0.0759. The summed E-state index contributed by atoms with van der Waals surface area (Å²) in [6.07, 6.45) is 0. The first-order valence-corrected chi connectivity index (χ1v) is 8.97. The van der Waals surface area contributed by atoms with Gasteiger partial charge in [0.15, 0.2) is 0 Å². The topological polar surface area (TPSA) is 38.8 Å². The minimum atomic E-state index is -0.0858. The summed E-state index contributed by atoms with van der Waals surface area (Å²) in [5, 5.41) is 0.476. The third-order valence-corrected chi connectivity index (χ3v) is 5.41. The number of methoxy groups -OCH3 is 2. The van der Waals surface area contributed by atoms with E-state index in [0.29, 0.717) is 17.1 Å². The Morgan fingerprint density at radius 1 is 1.21 bits per heavy atom. The van der Waals surface area contributed by atoms with Crippen LogP contribution in [0.2, 0.25) is 5.02 Å². The molecule has 3 rings (SSSR count). The van der Waals surface area contributed by atoms with Crippen molar-refractivity contribution in [2.75, 3.05) is 26.5 Å². The maximum Gasteiger partial charge on any atom is 0.255 e. The van der Waals surface area contributed by atoms with Crippen LogP contribution >= 0.6 is 23.4 Å². The van der Waals surface area contributed by atoms with Crippen LogP contribution in [0.3, 0.4) is 0 Å². The number of benzene rings is 2. The molecule has 0 unspecified atom stereocenters. The van der Waals surface area contributed by atoms with Crippen LogP contribution in [0.4, 0.5) is 0 Å². The molecule has 1 fully saturated rings. The van der Waals surface area contributed by atoms with Crippen LogP contribution in [0.25, 0.3) is 0 Å². The quantitative estimate of drug-likeness (QED) is 0.814. The molecule has 0 aliphatic carbocycles. The van der Waals surface area contributed by atoms with E-state index in [-0.39, 0.29) is 11.3 Å². The predicted molar refractivity (Wildman–Crippen MR) is 97.2 cm³/mol. The van der Waals surface area contributed by atoms with Crippen LogP contribution in [0.1, 0.15) is 21.3 Å². The molecule has 4 nitrogen and oxygen atoms in total. The highest BCUT2D eigenvalue weighted by Crippen LogP contribution is 2.43. The Labute approximate surface area is 150 Å². The molecule has 2 aromatic carbocycles. The van der Waals surface area contributed by atoms with Crippen molar-refractivity contribution in [3.63, 3.8) is 0 Å². The fourth-order valence-electron chi connectivity index (χ4n) is 2.75. The number of carbonyl (C=O) groups is 1. The Balaban J connectivity index is 1.92. The van der Waals surface area contributed by atoms with Crippen molar-refractivity contribution in [3.8, 4) is 11.5 Å². The minimum Gasteiger partial charge on any atom is -0.497 e. The van der Waals surface area contributed by atoms with Gasteiger partial charge in [0.1, 0.15) is 16.9 Å². The number of ether oxygens (including phenoxy) is 2. The first kappa shape index (κ1) is 17.0. The van der Waals surface area contributed by atoms with Crippen LogP contribution < -0.4 is 9.47 Å². The zero-order valence-electron chi connectivity index (χ0n) is 13.5. The van der Waals surface area contributed by atoms with E-state index in [1.54, 1.807) is 50.2 Å². The molecule has 1 heterocycles. The summed E-state index contributed by atoms with van der Waals surface area (Å²) in [5.41, 5.74) is 1.57. The number of hydrogen-bond acceptors (Lipinski definition) is 4. The Bertz CT molecular complexity index is 753. The van der Waals surface area contributed by atoms with Crippen molar-refractivity contribution in [1.82, 2.24) is 4.90 Å². The largest absolute Gasteiger partial charge is 0.497 e. The van der Waals surface area contributed by atoms with Crippen molar-refractivity contribution in [2.45, 2.75) is 5.37 Å². The van der Waals surface area contributed by atoms with E-state index in [0.717, 1.165) is 22.8 Å². The van der Waals surface area contributed by atoms with Gasteiger partial charge in [0.2, 0.25) is 0 Å². The van der Waals surface area contributed by atoms with Crippen molar-refractivity contribution in [2.24, 2.45) is 0 Å². The highest BCUT2D eigenvalue weighted by atomic mass is 35.5. The van der Waals surface area contributed by atoms with Crippen molar-refractivity contribution in [1.29, 1.82) is 0 Å². The van der Waals surface area contributed by atoms with Crippen molar-refractivity contribution in [3.05, 3.63) is 58.6 Å². The van der Waals surface area contributed by atoms with E-state index in [1.165, 1.54) is 0 Å². The summed E-state index contributed by atoms with van der Waals surface area (Å²) < 4.78 is 10.7. The zero-order chi connectivity index (χ0) is 17.1. The van der Waals surface area contributed by atoms with Gasteiger partial charge in [0.05, 0.1) is 14.2 Å². The lowest BCUT2D eigenvalue weighted by atomic mass is 10.1. The predicted octanol–water partition coefficient (Wildman–Crippen LogP) is 4.25. The van der Waals surface area contributed by atoms with Crippen LogP contribution in [-0.4, -0.2) is 37.3 Å². The molecule has 1 saturated heterocycles. The fraction of sp³-hybridized carbons (Fsp3) is 0.278. The molecule has 6 heteroatoms. The lowest BCUT2D eigenvalue weighted by Crippen LogP contribution is -2.30. The second kappa shape index (κ2) is 7.36. The van der Waals surface area contributed by atoms with Gasteiger partial charge in [-0.25, -0.2) is 0 Å². The molecular weight excluding hydrogens is 346 g/mol. The number of halogens is 1. The SMILES string of the molecule is COc1ccc([C@H]2SCCN2C(=O)c2cccc(Cl)c2)c(OC)c1. The molecular formula is C18H18ClNO3S. The van der Waals surface area contributed by atoms with Crippen LogP contribution in [0, 0.1) is 0 Å². The molecule has 0 bridgehead atoms. The van der Waals surface area contributed by atoms with E-state index >= 15 is 0 Å². The standard InChI is InChI=1S/C18H18ClNO3S/c1-22-14-6-7-15(16(11-14)23-2)18-20(8-9-24-18)17(21)12-4-3-5-13(19)10-12/h3-7,10-11,18H,8-9H2,1-2H3/t18-/m1/s1. The first-order valence-electron chi connectivity index (χ1n) is 7.54. The number of rotatable bonds is 4. The number of amides is 1. The lowest BCUT2D eigenvalue weighted by Gasteiger charge is -2.25. The van der Waals surface area contributed by atoms with Gasteiger partial charge in [-0.2, -0.15) is 0 Å². The molecule has 0 spiro atoms. The molecule has 0 radical (unpaired) electrons. The van der Waals surface area contributed by atoms with Gasteiger partial charge in [-0.3, -0.25) is 4.79 Å². The second-order valence-corrected chi connectivity index (χ2v) is 6.96. The van der Waals surface area contributed by atoms with E-state index in [1.807, 2.05) is 23.1 Å². The Morgan fingerprint density at radius 3 is 2.75 bits per heavy atom.